The predicted molar refractivity (Wildman–Crippen MR) is 59.2 cm³/mol. The first kappa shape index (κ1) is 10.5. The minimum absolute atomic E-state index is 0.0937. The molecule has 0 bridgehead atoms. The molecule has 0 aromatic heterocycles. The van der Waals surface area contributed by atoms with Gasteiger partial charge < -0.3 is 5.11 Å². The standard InChI is InChI=1S/C12H13ClO2/c13-11-7-2-1-4-9(11)8-5-3-6-10(8)12(14)15/h1-2,4,7-8,10H,3,5-6H2,(H,14,15). The fourth-order valence-corrected chi connectivity index (χ4v) is 2.68. The smallest absolute Gasteiger partial charge is 0.307 e. The zero-order chi connectivity index (χ0) is 10.8. The van der Waals surface area contributed by atoms with Gasteiger partial charge in [-0.05, 0) is 30.4 Å². The Morgan fingerprint density at radius 2 is 2.07 bits per heavy atom. The van der Waals surface area contributed by atoms with Crippen LogP contribution in [0.1, 0.15) is 30.7 Å². The molecule has 1 aromatic carbocycles. The van der Waals surface area contributed by atoms with Gasteiger partial charge in [0.1, 0.15) is 0 Å². The van der Waals surface area contributed by atoms with E-state index < -0.39 is 5.97 Å². The van der Waals surface area contributed by atoms with Crippen molar-refractivity contribution in [3.05, 3.63) is 34.9 Å². The van der Waals surface area contributed by atoms with E-state index in [9.17, 15) is 4.79 Å². The highest BCUT2D eigenvalue weighted by Gasteiger charge is 2.34. The average Bonchev–Trinajstić information content (AvgIpc) is 2.67. The van der Waals surface area contributed by atoms with Crippen LogP contribution in [0.15, 0.2) is 24.3 Å². The zero-order valence-electron chi connectivity index (χ0n) is 8.32. The van der Waals surface area contributed by atoms with E-state index in [1.54, 1.807) is 0 Å². The average molecular weight is 225 g/mol. The lowest BCUT2D eigenvalue weighted by Crippen LogP contribution is -2.16. The van der Waals surface area contributed by atoms with Gasteiger partial charge in [-0.15, -0.1) is 0 Å². The third-order valence-corrected chi connectivity index (χ3v) is 3.48. The monoisotopic (exact) mass is 224 g/mol. The number of carboxylic acid groups (broad SMARTS) is 1. The maximum atomic E-state index is 11.1. The topological polar surface area (TPSA) is 37.3 Å². The summed E-state index contributed by atoms with van der Waals surface area (Å²) in [5, 5.41) is 9.78. The van der Waals surface area contributed by atoms with Gasteiger partial charge in [0.2, 0.25) is 0 Å². The number of rotatable bonds is 2. The Morgan fingerprint density at radius 3 is 2.73 bits per heavy atom. The molecule has 1 aliphatic rings. The zero-order valence-corrected chi connectivity index (χ0v) is 9.07. The second-order valence-electron chi connectivity index (χ2n) is 4.00. The third-order valence-electron chi connectivity index (χ3n) is 3.14. The number of hydrogen-bond acceptors (Lipinski definition) is 1. The summed E-state index contributed by atoms with van der Waals surface area (Å²) in [6, 6.07) is 7.55. The van der Waals surface area contributed by atoms with Crippen molar-refractivity contribution in [2.75, 3.05) is 0 Å². The van der Waals surface area contributed by atoms with Crippen LogP contribution in [-0.4, -0.2) is 11.1 Å². The van der Waals surface area contributed by atoms with Crippen molar-refractivity contribution in [2.45, 2.75) is 25.2 Å². The normalized spacial score (nSPS) is 25.4. The second-order valence-corrected chi connectivity index (χ2v) is 4.41. The van der Waals surface area contributed by atoms with Gasteiger partial charge in [-0.1, -0.05) is 36.2 Å². The molecule has 2 unspecified atom stereocenters. The van der Waals surface area contributed by atoms with Gasteiger partial charge in [0.25, 0.3) is 0 Å². The van der Waals surface area contributed by atoms with Crippen molar-refractivity contribution in [3.63, 3.8) is 0 Å². The van der Waals surface area contributed by atoms with Gasteiger partial charge in [0.05, 0.1) is 5.92 Å². The van der Waals surface area contributed by atoms with Crippen LogP contribution in [0.5, 0.6) is 0 Å². The fraction of sp³-hybridized carbons (Fsp3) is 0.417. The first-order valence-corrected chi connectivity index (χ1v) is 5.55. The highest BCUT2D eigenvalue weighted by Crippen LogP contribution is 2.42. The number of benzene rings is 1. The number of halogens is 1. The lowest BCUT2D eigenvalue weighted by molar-refractivity contribution is -0.142. The lowest BCUT2D eigenvalue weighted by Gasteiger charge is -2.17. The highest BCUT2D eigenvalue weighted by molar-refractivity contribution is 6.31. The molecule has 1 aromatic rings. The maximum absolute atomic E-state index is 11.1. The van der Waals surface area contributed by atoms with Crippen LogP contribution in [0.4, 0.5) is 0 Å². The van der Waals surface area contributed by atoms with Crippen LogP contribution >= 0.6 is 11.6 Å². The SMILES string of the molecule is O=C(O)C1CCCC1c1ccccc1Cl. The van der Waals surface area contributed by atoms with E-state index in [1.165, 1.54) is 0 Å². The fourth-order valence-electron chi connectivity index (χ4n) is 2.40. The van der Waals surface area contributed by atoms with E-state index in [0.29, 0.717) is 5.02 Å². The molecule has 0 saturated heterocycles. The van der Waals surface area contributed by atoms with E-state index in [0.717, 1.165) is 24.8 Å². The summed E-state index contributed by atoms with van der Waals surface area (Å²) >= 11 is 6.08. The molecule has 3 heteroatoms. The minimum atomic E-state index is -0.697. The largest absolute Gasteiger partial charge is 0.481 e. The molecule has 0 spiro atoms. The van der Waals surface area contributed by atoms with Gasteiger partial charge in [-0.3, -0.25) is 4.79 Å². The van der Waals surface area contributed by atoms with E-state index in [-0.39, 0.29) is 11.8 Å². The van der Waals surface area contributed by atoms with Gasteiger partial charge in [0, 0.05) is 5.02 Å². The number of carbonyl (C=O) groups is 1. The van der Waals surface area contributed by atoms with Gasteiger partial charge in [-0.2, -0.15) is 0 Å². The summed E-state index contributed by atoms with van der Waals surface area (Å²) in [7, 11) is 0. The number of hydrogen-bond donors (Lipinski definition) is 1. The first-order valence-electron chi connectivity index (χ1n) is 5.17. The Hall–Kier alpha value is -1.02. The van der Waals surface area contributed by atoms with E-state index in [4.69, 9.17) is 16.7 Å². The summed E-state index contributed by atoms with van der Waals surface area (Å²) in [4.78, 5) is 11.1. The molecule has 0 heterocycles. The van der Waals surface area contributed by atoms with Crippen LogP contribution < -0.4 is 0 Å². The van der Waals surface area contributed by atoms with Crippen molar-refractivity contribution in [1.29, 1.82) is 0 Å². The van der Waals surface area contributed by atoms with Crippen molar-refractivity contribution in [2.24, 2.45) is 5.92 Å². The first-order chi connectivity index (χ1) is 7.20. The molecule has 15 heavy (non-hydrogen) atoms. The van der Waals surface area contributed by atoms with E-state index in [1.807, 2.05) is 24.3 Å². The van der Waals surface area contributed by atoms with Crippen molar-refractivity contribution < 1.29 is 9.90 Å². The third kappa shape index (κ3) is 2.00. The van der Waals surface area contributed by atoms with Crippen LogP contribution in [0.3, 0.4) is 0 Å². The van der Waals surface area contributed by atoms with Crippen LogP contribution in [-0.2, 0) is 4.79 Å². The molecule has 2 rings (SSSR count). The molecule has 1 fully saturated rings. The minimum Gasteiger partial charge on any atom is -0.481 e. The molecule has 0 radical (unpaired) electrons. The molecule has 0 amide bonds. The quantitative estimate of drug-likeness (QED) is 0.837. The summed E-state index contributed by atoms with van der Waals surface area (Å²) in [6.07, 6.45) is 2.68. The van der Waals surface area contributed by atoms with Crippen molar-refractivity contribution >= 4 is 17.6 Å². The van der Waals surface area contributed by atoms with Gasteiger partial charge >= 0.3 is 5.97 Å². The molecule has 1 N–H and O–H groups in total. The lowest BCUT2D eigenvalue weighted by atomic mass is 9.89. The molecule has 2 atom stereocenters. The molecular formula is C12H13ClO2. The Morgan fingerprint density at radius 1 is 1.33 bits per heavy atom. The van der Waals surface area contributed by atoms with E-state index >= 15 is 0 Å². The predicted octanol–water partition coefficient (Wildman–Crippen LogP) is 3.31. The summed E-state index contributed by atoms with van der Waals surface area (Å²) in [6.45, 7) is 0. The summed E-state index contributed by atoms with van der Waals surface area (Å²) < 4.78 is 0. The van der Waals surface area contributed by atoms with Crippen molar-refractivity contribution in [1.82, 2.24) is 0 Å². The van der Waals surface area contributed by atoms with Crippen LogP contribution in [0.25, 0.3) is 0 Å². The number of aliphatic carboxylic acids is 1. The molecule has 0 aliphatic heterocycles. The Bertz CT molecular complexity index is 376. The van der Waals surface area contributed by atoms with Crippen molar-refractivity contribution in [3.8, 4) is 0 Å². The molecule has 1 saturated carbocycles. The van der Waals surface area contributed by atoms with Crippen LogP contribution in [0, 0.1) is 5.92 Å². The Balaban J connectivity index is 2.30. The molecule has 2 nitrogen and oxygen atoms in total. The second kappa shape index (κ2) is 4.23. The summed E-state index contributed by atoms with van der Waals surface area (Å²) in [5.41, 5.74) is 0.990. The summed E-state index contributed by atoms with van der Waals surface area (Å²) in [5.74, 6) is -0.862. The molecule has 1 aliphatic carbocycles. The van der Waals surface area contributed by atoms with Gasteiger partial charge in [0.15, 0.2) is 0 Å². The number of carboxylic acids is 1. The highest BCUT2D eigenvalue weighted by atomic mass is 35.5. The Labute approximate surface area is 93.9 Å². The van der Waals surface area contributed by atoms with Gasteiger partial charge in [-0.25, -0.2) is 0 Å². The van der Waals surface area contributed by atoms with E-state index in [2.05, 4.69) is 0 Å². The van der Waals surface area contributed by atoms with Crippen LogP contribution in [0.2, 0.25) is 5.02 Å². The Kier molecular flexibility index (Phi) is 2.96. The maximum Gasteiger partial charge on any atom is 0.307 e. The molecule has 80 valence electrons. The molecular weight excluding hydrogens is 212 g/mol.